The number of hydrogen-bond acceptors (Lipinski definition) is 4. The Morgan fingerprint density at radius 1 is 1.69 bits per heavy atom. The van der Waals surface area contributed by atoms with Gasteiger partial charge < -0.3 is 4.74 Å². The van der Waals surface area contributed by atoms with Gasteiger partial charge in [-0.25, -0.2) is 0 Å². The van der Waals surface area contributed by atoms with Crippen molar-refractivity contribution in [2.45, 2.75) is 19.4 Å². The Kier molecular flexibility index (Phi) is 4.09. The molecule has 0 radical (unpaired) electrons. The Labute approximate surface area is 100 Å². The van der Waals surface area contributed by atoms with Crippen molar-refractivity contribution >= 4 is 17.1 Å². The Bertz CT molecular complexity index is 337. The minimum absolute atomic E-state index is 0.226. The van der Waals surface area contributed by atoms with Crippen LogP contribution >= 0.6 is 11.3 Å². The second-order valence-corrected chi connectivity index (χ2v) is 5.12. The van der Waals surface area contributed by atoms with Gasteiger partial charge in [-0.15, -0.1) is 11.3 Å². The van der Waals surface area contributed by atoms with Crippen molar-refractivity contribution in [1.82, 2.24) is 4.90 Å². The third kappa shape index (κ3) is 3.14. The van der Waals surface area contributed by atoms with E-state index in [9.17, 15) is 4.79 Å². The highest BCUT2D eigenvalue weighted by Crippen LogP contribution is 2.12. The van der Waals surface area contributed by atoms with E-state index in [-0.39, 0.29) is 11.9 Å². The molecule has 2 rings (SSSR count). The number of Topliss-reactive ketones (excluding diaryl/α,β-unsaturated/α-hetero) is 1. The molecule has 0 amide bonds. The average Bonchev–Trinajstić information content (AvgIpc) is 2.70. The lowest BCUT2D eigenvalue weighted by Gasteiger charge is -2.20. The first kappa shape index (κ1) is 11.8. The number of hydrogen-bond donors (Lipinski definition) is 0. The first-order valence-electron chi connectivity index (χ1n) is 5.66. The largest absolute Gasteiger partial charge is 0.377 e. The van der Waals surface area contributed by atoms with Crippen LogP contribution in [0.5, 0.6) is 0 Å². The molecule has 0 spiro atoms. The van der Waals surface area contributed by atoms with Crippen molar-refractivity contribution in [3.05, 3.63) is 22.4 Å². The highest BCUT2D eigenvalue weighted by atomic mass is 32.1. The van der Waals surface area contributed by atoms with Crippen molar-refractivity contribution in [3.63, 3.8) is 0 Å². The average molecular weight is 239 g/mol. The van der Waals surface area contributed by atoms with Gasteiger partial charge in [-0.2, -0.15) is 0 Å². The van der Waals surface area contributed by atoms with E-state index in [0.29, 0.717) is 6.54 Å². The fourth-order valence-electron chi connectivity index (χ4n) is 1.94. The smallest absolute Gasteiger partial charge is 0.186 e. The van der Waals surface area contributed by atoms with Crippen molar-refractivity contribution in [2.75, 3.05) is 26.2 Å². The molecule has 0 aliphatic carbocycles. The van der Waals surface area contributed by atoms with Crippen LogP contribution in [0.1, 0.15) is 23.0 Å². The van der Waals surface area contributed by atoms with Crippen LogP contribution in [0.2, 0.25) is 0 Å². The highest BCUT2D eigenvalue weighted by molar-refractivity contribution is 7.12. The molecule has 1 fully saturated rings. The molecule has 1 aliphatic rings. The molecule has 1 aromatic heterocycles. The van der Waals surface area contributed by atoms with Gasteiger partial charge in [0.25, 0.3) is 0 Å². The monoisotopic (exact) mass is 239 g/mol. The summed E-state index contributed by atoms with van der Waals surface area (Å²) in [5, 5.41) is 1.95. The first-order chi connectivity index (χ1) is 7.75. The molecular weight excluding hydrogens is 222 g/mol. The number of carbonyl (C=O) groups is 1. The van der Waals surface area contributed by atoms with Crippen LogP contribution < -0.4 is 0 Å². The lowest BCUT2D eigenvalue weighted by Crippen LogP contribution is -2.34. The minimum atomic E-state index is 0.226. The molecular formula is C12H17NO2S. The number of ketones is 1. The van der Waals surface area contributed by atoms with E-state index in [1.54, 1.807) is 0 Å². The quantitative estimate of drug-likeness (QED) is 0.756. The lowest BCUT2D eigenvalue weighted by molar-refractivity contribution is 0.0658. The maximum absolute atomic E-state index is 11.9. The second-order valence-electron chi connectivity index (χ2n) is 4.17. The van der Waals surface area contributed by atoms with Crippen molar-refractivity contribution in [3.8, 4) is 0 Å². The highest BCUT2D eigenvalue weighted by Gasteiger charge is 2.18. The van der Waals surface area contributed by atoms with E-state index in [2.05, 4.69) is 11.8 Å². The van der Waals surface area contributed by atoms with Gasteiger partial charge in [0.1, 0.15) is 0 Å². The minimum Gasteiger partial charge on any atom is -0.377 e. The molecule has 88 valence electrons. The molecule has 4 heteroatoms. The van der Waals surface area contributed by atoms with Crippen LogP contribution in [0.15, 0.2) is 17.5 Å². The zero-order chi connectivity index (χ0) is 11.4. The van der Waals surface area contributed by atoms with Gasteiger partial charge in [0.05, 0.1) is 17.5 Å². The molecule has 1 atom stereocenters. The molecule has 0 aromatic carbocycles. The van der Waals surface area contributed by atoms with Crippen LogP contribution in [-0.2, 0) is 4.74 Å². The number of rotatable bonds is 3. The van der Waals surface area contributed by atoms with Crippen molar-refractivity contribution in [2.24, 2.45) is 0 Å². The maximum atomic E-state index is 11.9. The van der Waals surface area contributed by atoms with E-state index in [4.69, 9.17) is 4.74 Å². The van der Waals surface area contributed by atoms with Crippen LogP contribution in [0.25, 0.3) is 0 Å². The fraction of sp³-hybridized carbons (Fsp3) is 0.583. The van der Waals surface area contributed by atoms with Gasteiger partial charge in [0.15, 0.2) is 5.78 Å². The molecule has 1 saturated heterocycles. The molecule has 1 unspecified atom stereocenters. The predicted molar refractivity (Wildman–Crippen MR) is 65.1 cm³/mol. The topological polar surface area (TPSA) is 29.5 Å². The number of thiophene rings is 1. The Hall–Kier alpha value is -0.710. The summed E-state index contributed by atoms with van der Waals surface area (Å²) >= 11 is 1.52. The summed E-state index contributed by atoms with van der Waals surface area (Å²) in [5.41, 5.74) is 0. The predicted octanol–water partition coefficient (Wildman–Crippen LogP) is 2.04. The Balaban J connectivity index is 1.91. The van der Waals surface area contributed by atoms with Gasteiger partial charge in [-0.05, 0) is 24.8 Å². The zero-order valence-corrected chi connectivity index (χ0v) is 10.3. The molecule has 1 aliphatic heterocycles. The van der Waals surface area contributed by atoms with Gasteiger partial charge in [0.2, 0.25) is 0 Å². The van der Waals surface area contributed by atoms with Crippen LogP contribution in [0.3, 0.4) is 0 Å². The maximum Gasteiger partial charge on any atom is 0.186 e. The first-order valence-corrected chi connectivity index (χ1v) is 6.54. The summed E-state index contributed by atoms with van der Waals surface area (Å²) in [5.74, 6) is 0.226. The van der Waals surface area contributed by atoms with Gasteiger partial charge >= 0.3 is 0 Å². The van der Waals surface area contributed by atoms with E-state index >= 15 is 0 Å². The molecule has 3 nitrogen and oxygen atoms in total. The van der Waals surface area contributed by atoms with E-state index in [1.165, 1.54) is 11.3 Å². The lowest BCUT2D eigenvalue weighted by atomic mass is 10.2. The molecule has 0 bridgehead atoms. The number of carbonyl (C=O) groups excluding carboxylic acids is 1. The summed E-state index contributed by atoms with van der Waals surface area (Å²) in [7, 11) is 0. The Morgan fingerprint density at radius 3 is 3.31 bits per heavy atom. The van der Waals surface area contributed by atoms with E-state index in [1.807, 2.05) is 17.5 Å². The Morgan fingerprint density at radius 2 is 2.56 bits per heavy atom. The summed E-state index contributed by atoms with van der Waals surface area (Å²) < 4.78 is 5.55. The standard InChI is InChI=1S/C12H17NO2S/c1-10-8-13(5-3-6-15-10)9-11(14)12-4-2-7-16-12/h2,4,7,10H,3,5-6,8-9H2,1H3. The molecule has 16 heavy (non-hydrogen) atoms. The van der Waals surface area contributed by atoms with Crippen molar-refractivity contribution in [1.29, 1.82) is 0 Å². The summed E-state index contributed by atoms with van der Waals surface area (Å²) in [4.78, 5) is 15.0. The number of ether oxygens (including phenoxy) is 1. The van der Waals surface area contributed by atoms with Crippen LogP contribution in [-0.4, -0.2) is 43.0 Å². The van der Waals surface area contributed by atoms with Gasteiger partial charge in [-0.3, -0.25) is 9.69 Å². The zero-order valence-electron chi connectivity index (χ0n) is 9.52. The summed E-state index contributed by atoms with van der Waals surface area (Å²) in [6.07, 6.45) is 1.25. The van der Waals surface area contributed by atoms with E-state index < -0.39 is 0 Å². The normalized spacial score (nSPS) is 22.9. The summed E-state index contributed by atoms with van der Waals surface area (Å²) in [6, 6.07) is 3.82. The third-order valence-corrected chi connectivity index (χ3v) is 3.61. The van der Waals surface area contributed by atoms with Crippen LogP contribution in [0.4, 0.5) is 0 Å². The molecule has 0 saturated carbocycles. The molecule has 1 aromatic rings. The third-order valence-electron chi connectivity index (χ3n) is 2.70. The van der Waals surface area contributed by atoms with Crippen LogP contribution in [0, 0.1) is 0 Å². The van der Waals surface area contributed by atoms with Gasteiger partial charge in [-0.1, -0.05) is 6.07 Å². The molecule has 0 N–H and O–H groups in total. The van der Waals surface area contributed by atoms with Crippen molar-refractivity contribution < 1.29 is 9.53 Å². The summed E-state index contributed by atoms with van der Waals surface area (Å²) in [6.45, 7) is 5.21. The SMILES string of the molecule is CC1CN(CC(=O)c2cccs2)CCCO1. The van der Waals surface area contributed by atoms with Gasteiger partial charge in [0, 0.05) is 19.7 Å². The second kappa shape index (κ2) is 5.57. The fourth-order valence-corrected chi connectivity index (χ4v) is 2.60. The number of nitrogens with zero attached hydrogens (tertiary/aromatic N) is 1. The van der Waals surface area contributed by atoms with E-state index in [0.717, 1.165) is 31.0 Å². The molecule has 2 heterocycles.